The number of thioether (sulfide) groups is 1. The van der Waals surface area contributed by atoms with Crippen molar-refractivity contribution in [3.63, 3.8) is 0 Å². The van der Waals surface area contributed by atoms with Gasteiger partial charge in [-0.3, -0.25) is 4.79 Å². The third-order valence-electron chi connectivity index (χ3n) is 3.84. The third-order valence-corrected chi connectivity index (χ3v) is 5.31. The molecule has 0 aliphatic heterocycles. The van der Waals surface area contributed by atoms with E-state index in [1.54, 1.807) is 37.4 Å². The van der Waals surface area contributed by atoms with Crippen LogP contribution in [0.3, 0.4) is 0 Å². The maximum atomic E-state index is 13.9. The van der Waals surface area contributed by atoms with Crippen LogP contribution in [0.15, 0.2) is 52.1 Å². The number of hydrogen-bond acceptors (Lipinski definition) is 6. The molecule has 0 aliphatic rings. The van der Waals surface area contributed by atoms with Crippen molar-refractivity contribution in [3.05, 3.63) is 69.8 Å². The molecule has 0 radical (unpaired) electrons. The number of benzene rings is 2. The highest BCUT2D eigenvalue weighted by atomic mass is 35.5. The third kappa shape index (κ3) is 5.85. The summed E-state index contributed by atoms with van der Waals surface area (Å²) in [5.74, 6) is 0.123. The van der Waals surface area contributed by atoms with Crippen molar-refractivity contribution in [2.24, 2.45) is 0 Å². The number of carbonyl (C=O) groups excluding carboxylic acids is 1. The first-order valence-corrected chi connectivity index (χ1v) is 10.2. The van der Waals surface area contributed by atoms with Crippen LogP contribution >= 0.6 is 35.0 Å². The van der Waals surface area contributed by atoms with E-state index in [-0.39, 0.29) is 46.5 Å². The Morgan fingerprint density at radius 1 is 1.17 bits per heavy atom. The number of halogens is 3. The van der Waals surface area contributed by atoms with E-state index in [9.17, 15) is 9.18 Å². The molecule has 6 nitrogen and oxygen atoms in total. The fraction of sp³-hybridized carbons (Fsp3) is 0.211. The highest BCUT2D eigenvalue weighted by Crippen LogP contribution is 2.25. The Bertz CT molecular complexity index is 982. The molecule has 1 heterocycles. The fourth-order valence-corrected chi connectivity index (χ4v) is 3.43. The molecule has 2 aromatic carbocycles. The van der Waals surface area contributed by atoms with Crippen LogP contribution in [0.2, 0.25) is 10.0 Å². The lowest BCUT2D eigenvalue weighted by Gasteiger charge is -2.17. The van der Waals surface area contributed by atoms with E-state index < -0.39 is 5.82 Å². The number of rotatable bonds is 8. The molecular weight excluding hydrogens is 440 g/mol. The van der Waals surface area contributed by atoms with Gasteiger partial charge in [-0.25, -0.2) is 4.39 Å². The lowest BCUT2D eigenvalue weighted by Crippen LogP contribution is -2.28. The van der Waals surface area contributed by atoms with E-state index in [0.29, 0.717) is 10.8 Å². The van der Waals surface area contributed by atoms with Crippen molar-refractivity contribution in [1.82, 2.24) is 15.1 Å². The number of hydrogen-bond donors (Lipinski definition) is 0. The van der Waals surface area contributed by atoms with Gasteiger partial charge in [0.25, 0.3) is 11.1 Å². The topological polar surface area (TPSA) is 68.5 Å². The summed E-state index contributed by atoms with van der Waals surface area (Å²) in [4.78, 5) is 13.7. The molecule has 0 fully saturated rings. The first kappa shape index (κ1) is 21.4. The Labute approximate surface area is 181 Å². The van der Waals surface area contributed by atoms with E-state index >= 15 is 0 Å². The van der Waals surface area contributed by atoms with Gasteiger partial charge in [-0.1, -0.05) is 53.2 Å². The average Bonchev–Trinajstić information content (AvgIpc) is 3.16. The van der Waals surface area contributed by atoms with Gasteiger partial charge in [0.05, 0.1) is 10.8 Å². The normalized spacial score (nSPS) is 10.8. The molecule has 0 atom stereocenters. The van der Waals surface area contributed by atoms with E-state index in [4.69, 9.17) is 32.4 Å². The molecular formula is C19H16Cl2FN3O3S. The summed E-state index contributed by atoms with van der Waals surface area (Å²) < 4.78 is 24.8. The summed E-state index contributed by atoms with van der Waals surface area (Å²) in [6.07, 6.45) is 0. The van der Waals surface area contributed by atoms with Crippen molar-refractivity contribution in [1.29, 1.82) is 0 Å². The molecule has 0 N–H and O–H groups in total. The predicted molar refractivity (Wildman–Crippen MR) is 109 cm³/mol. The first-order chi connectivity index (χ1) is 13.9. The van der Waals surface area contributed by atoms with Crippen LogP contribution in [0.25, 0.3) is 0 Å². The maximum Gasteiger partial charge on any atom is 0.277 e. The van der Waals surface area contributed by atoms with Gasteiger partial charge in [0.1, 0.15) is 11.6 Å². The monoisotopic (exact) mass is 455 g/mol. The van der Waals surface area contributed by atoms with Crippen LogP contribution in [0.1, 0.15) is 11.5 Å². The Morgan fingerprint density at radius 3 is 2.69 bits per heavy atom. The van der Waals surface area contributed by atoms with Gasteiger partial charge in [-0.15, -0.1) is 10.2 Å². The van der Waals surface area contributed by atoms with Gasteiger partial charge < -0.3 is 14.1 Å². The Kier molecular flexibility index (Phi) is 7.35. The molecule has 1 amide bonds. The summed E-state index contributed by atoms with van der Waals surface area (Å²) in [6, 6.07) is 11.4. The second kappa shape index (κ2) is 9.96. The number of ether oxygens (including phenoxy) is 1. The zero-order valence-corrected chi connectivity index (χ0v) is 17.6. The Hall–Kier alpha value is -2.29. The van der Waals surface area contributed by atoms with Gasteiger partial charge >= 0.3 is 0 Å². The van der Waals surface area contributed by atoms with E-state index in [1.165, 1.54) is 17.0 Å². The quantitative estimate of drug-likeness (QED) is 0.452. The van der Waals surface area contributed by atoms with Gasteiger partial charge in [0.15, 0.2) is 6.61 Å². The summed E-state index contributed by atoms with van der Waals surface area (Å²) in [7, 11) is 1.57. The lowest BCUT2D eigenvalue weighted by atomic mass is 10.2. The number of nitrogens with zero attached hydrogens (tertiary/aromatic N) is 3. The van der Waals surface area contributed by atoms with Gasteiger partial charge in [0, 0.05) is 24.2 Å². The van der Waals surface area contributed by atoms with Crippen molar-refractivity contribution in [2.45, 2.75) is 18.4 Å². The molecule has 152 valence electrons. The minimum absolute atomic E-state index is 0.0512. The maximum absolute atomic E-state index is 13.9. The van der Waals surface area contributed by atoms with Crippen molar-refractivity contribution in [3.8, 4) is 5.75 Å². The summed E-state index contributed by atoms with van der Waals surface area (Å²) in [6.45, 7) is 0.114. The molecule has 3 rings (SSSR count). The molecule has 0 saturated heterocycles. The Morgan fingerprint density at radius 2 is 1.93 bits per heavy atom. The second-order valence-corrected chi connectivity index (χ2v) is 7.66. The zero-order chi connectivity index (χ0) is 20.8. The van der Waals surface area contributed by atoms with Gasteiger partial charge in [-0.2, -0.15) is 0 Å². The van der Waals surface area contributed by atoms with Crippen molar-refractivity contribution < 1.29 is 18.3 Å². The SMILES string of the molecule is CN(Cc1c(F)cccc1Cl)C(=O)CSc1nnc(COc2ccccc2Cl)o1. The molecule has 0 saturated carbocycles. The summed E-state index contributed by atoms with van der Waals surface area (Å²) >= 11 is 13.1. The standard InChI is InChI=1S/C19H16Cl2FN3O3S/c1-25(9-12-13(20)6-4-7-15(12)22)18(26)11-29-19-24-23-17(28-19)10-27-16-8-3-2-5-14(16)21/h2-8H,9-11H2,1H3. The van der Waals surface area contributed by atoms with Crippen LogP contribution in [-0.2, 0) is 17.9 Å². The molecule has 1 aromatic heterocycles. The van der Waals surface area contributed by atoms with Crippen LogP contribution in [0.4, 0.5) is 4.39 Å². The second-order valence-electron chi connectivity index (χ2n) is 5.92. The molecule has 0 aliphatic carbocycles. The number of aromatic nitrogens is 2. The average molecular weight is 456 g/mol. The molecule has 0 unspecified atom stereocenters. The summed E-state index contributed by atoms with van der Waals surface area (Å²) in [5.41, 5.74) is 0.270. The molecule has 3 aromatic rings. The van der Waals surface area contributed by atoms with E-state index in [1.807, 2.05) is 0 Å². The van der Waals surface area contributed by atoms with E-state index in [0.717, 1.165) is 11.8 Å². The van der Waals surface area contributed by atoms with Crippen molar-refractivity contribution in [2.75, 3.05) is 12.8 Å². The first-order valence-electron chi connectivity index (χ1n) is 8.43. The molecule has 10 heteroatoms. The molecule has 29 heavy (non-hydrogen) atoms. The van der Waals surface area contributed by atoms with Gasteiger partial charge in [-0.05, 0) is 24.3 Å². The highest BCUT2D eigenvalue weighted by Gasteiger charge is 2.16. The number of carbonyl (C=O) groups is 1. The zero-order valence-electron chi connectivity index (χ0n) is 15.3. The largest absolute Gasteiger partial charge is 0.482 e. The lowest BCUT2D eigenvalue weighted by molar-refractivity contribution is -0.127. The summed E-state index contributed by atoms with van der Waals surface area (Å²) in [5, 5.41) is 8.74. The van der Waals surface area contributed by atoms with Crippen LogP contribution in [-0.4, -0.2) is 33.8 Å². The smallest absolute Gasteiger partial charge is 0.277 e. The number of para-hydroxylation sites is 1. The van der Waals surface area contributed by atoms with Crippen molar-refractivity contribution >= 4 is 40.9 Å². The van der Waals surface area contributed by atoms with Crippen LogP contribution < -0.4 is 4.74 Å². The minimum atomic E-state index is -0.454. The predicted octanol–water partition coefficient (Wildman–Crippen LogP) is 4.85. The van der Waals surface area contributed by atoms with Gasteiger partial charge in [0.2, 0.25) is 5.91 Å². The van der Waals surface area contributed by atoms with Crippen LogP contribution in [0, 0.1) is 5.82 Å². The Balaban J connectivity index is 1.50. The molecule has 0 bridgehead atoms. The fourth-order valence-electron chi connectivity index (χ4n) is 2.30. The number of amides is 1. The molecule has 0 spiro atoms. The minimum Gasteiger partial charge on any atom is -0.482 e. The van der Waals surface area contributed by atoms with Crippen LogP contribution in [0.5, 0.6) is 5.75 Å². The van der Waals surface area contributed by atoms with E-state index in [2.05, 4.69) is 10.2 Å². The highest BCUT2D eigenvalue weighted by molar-refractivity contribution is 7.99.